The number of anilines is 1. The lowest BCUT2D eigenvalue weighted by Gasteiger charge is -2.23. The van der Waals surface area contributed by atoms with Crippen LogP contribution in [0.3, 0.4) is 0 Å². The fourth-order valence-corrected chi connectivity index (χ4v) is 3.81. The summed E-state index contributed by atoms with van der Waals surface area (Å²) in [4.78, 5) is 27.4. The Morgan fingerprint density at radius 1 is 1.16 bits per heavy atom. The third kappa shape index (κ3) is 3.70. The number of halogens is 1. The van der Waals surface area contributed by atoms with Crippen LogP contribution in [-0.4, -0.2) is 23.4 Å². The van der Waals surface area contributed by atoms with Crippen molar-refractivity contribution in [2.24, 2.45) is 0 Å². The first-order valence-electron chi connectivity index (χ1n) is 9.76. The Hall–Kier alpha value is -3.51. The van der Waals surface area contributed by atoms with Crippen molar-refractivity contribution >= 4 is 34.7 Å². The number of benzene rings is 2. The van der Waals surface area contributed by atoms with E-state index < -0.39 is 17.7 Å². The van der Waals surface area contributed by atoms with E-state index in [9.17, 15) is 14.7 Å². The van der Waals surface area contributed by atoms with Crippen LogP contribution in [0.4, 0.5) is 5.69 Å². The molecule has 1 amide bonds. The maximum atomic E-state index is 13.1. The van der Waals surface area contributed by atoms with Crippen LogP contribution in [0.5, 0.6) is 5.75 Å². The summed E-state index contributed by atoms with van der Waals surface area (Å²) in [6.45, 7) is 4.18. The molecule has 1 aromatic heterocycles. The first-order valence-corrected chi connectivity index (χ1v) is 10.1. The van der Waals surface area contributed by atoms with E-state index in [1.54, 1.807) is 42.5 Å². The van der Waals surface area contributed by atoms with Crippen molar-refractivity contribution in [2.45, 2.75) is 19.9 Å². The Morgan fingerprint density at radius 2 is 1.90 bits per heavy atom. The van der Waals surface area contributed by atoms with Gasteiger partial charge in [-0.05, 0) is 56.3 Å². The third-order valence-electron chi connectivity index (χ3n) is 5.07. The minimum Gasteiger partial charge on any atom is -0.507 e. The summed E-state index contributed by atoms with van der Waals surface area (Å²) in [6.07, 6.45) is 1.45. The molecule has 1 fully saturated rings. The molecule has 1 N–H and O–H groups in total. The highest BCUT2D eigenvalue weighted by Gasteiger charge is 2.48. The van der Waals surface area contributed by atoms with Crippen molar-refractivity contribution in [1.82, 2.24) is 0 Å². The van der Waals surface area contributed by atoms with Gasteiger partial charge in [-0.3, -0.25) is 14.5 Å². The fourth-order valence-electron chi connectivity index (χ4n) is 3.61. The van der Waals surface area contributed by atoms with Gasteiger partial charge in [-0.15, -0.1) is 0 Å². The number of carbonyl (C=O) groups excluding carboxylic acids is 2. The van der Waals surface area contributed by atoms with Gasteiger partial charge in [0.15, 0.2) is 0 Å². The van der Waals surface area contributed by atoms with Crippen LogP contribution in [0.25, 0.3) is 5.76 Å². The van der Waals surface area contributed by atoms with Gasteiger partial charge in [-0.25, -0.2) is 0 Å². The number of aryl methyl sites for hydroxylation is 1. The molecule has 0 radical (unpaired) electrons. The second kappa shape index (κ2) is 8.32. The molecule has 158 valence electrons. The number of carbonyl (C=O) groups is 2. The Kier molecular flexibility index (Phi) is 5.57. The average Bonchev–Trinajstić information content (AvgIpc) is 3.37. The molecule has 1 aliphatic rings. The van der Waals surface area contributed by atoms with E-state index in [-0.39, 0.29) is 21.9 Å². The summed E-state index contributed by atoms with van der Waals surface area (Å²) in [5, 5.41) is 11.4. The number of aliphatic hydroxyl groups excluding tert-OH is 1. The summed E-state index contributed by atoms with van der Waals surface area (Å²) in [6, 6.07) is 14.3. The van der Waals surface area contributed by atoms with Crippen molar-refractivity contribution in [1.29, 1.82) is 0 Å². The Morgan fingerprint density at radius 3 is 2.55 bits per heavy atom. The van der Waals surface area contributed by atoms with Crippen molar-refractivity contribution in [3.05, 3.63) is 88.3 Å². The van der Waals surface area contributed by atoms with Crippen molar-refractivity contribution in [2.75, 3.05) is 11.5 Å². The Labute approximate surface area is 184 Å². The molecule has 1 unspecified atom stereocenters. The zero-order chi connectivity index (χ0) is 22.1. The first kappa shape index (κ1) is 20.8. The molecular weight excluding hydrogens is 418 g/mol. The highest BCUT2D eigenvalue weighted by molar-refractivity contribution is 6.51. The predicted octanol–water partition coefficient (Wildman–Crippen LogP) is 5.27. The second-order valence-corrected chi connectivity index (χ2v) is 7.50. The van der Waals surface area contributed by atoms with Gasteiger partial charge >= 0.3 is 0 Å². The molecule has 4 rings (SSSR count). The summed E-state index contributed by atoms with van der Waals surface area (Å²) < 4.78 is 11.0. The number of rotatable bonds is 5. The van der Waals surface area contributed by atoms with Gasteiger partial charge in [0, 0.05) is 11.3 Å². The molecular formula is C24H20ClNO5. The van der Waals surface area contributed by atoms with E-state index in [0.29, 0.717) is 23.8 Å². The normalized spacial score (nSPS) is 17.9. The van der Waals surface area contributed by atoms with Gasteiger partial charge < -0.3 is 14.3 Å². The predicted molar refractivity (Wildman–Crippen MR) is 117 cm³/mol. The molecule has 1 aliphatic heterocycles. The monoisotopic (exact) mass is 437 g/mol. The lowest BCUT2D eigenvalue weighted by Crippen LogP contribution is -2.29. The molecule has 6 nitrogen and oxygen atoms in total. The molecule has 2 aromatic carbocycles. The molecule has 0 aliphatic carbocycles. The maximum absolute atomic E-state index is 13.1. The molecule has 0 spiro atoms. The van der Waals surface area contributed by atoms with Crippen LogP contribution in [0.2, 0.25) is 5.02 Å². The zero-order valence-corrected chi connectivity index (χ0v) is 17.7. The van der Waals surface area contributed by atoms with Gasteiger partial charge in [0.2, 0.25) is 0 Å². The van der Waals surface area contributed by atoms with Crippen LogP contribution < -0.4 is 9.64 Å². The molecule has 3 aromatic rings. The van der Waals surface area contributed by atoms with Gasteiger partial charge in [-0.1, -0.05) is 29.3 Å². The Balaban J connectivity index is 1.92. The van der Waals surface area contributed by atoms with Gasteiger partial charge in [0.05, 0.1) is 23.5 Å². The van der Waals surface area contributed by atoms with Gasteiger partial charge in [-0.2, -0.15) is 0 Å². The Bertz CT molecular complexity index is 1170. The average molecular weight is 438 g/mol. The van der Waals surface area contributed by atoms with Gasteiger partial charge in [0.1, 0.15) is 23.3 Å². The number of hydrogen-bond acceptors (Lipinski definition) is 5. The first-order chi connectivity index (χ1) is 14.9. The molecule has 0 saturated carbocycles. The minimum absolute atomic E-state index is 0.101. The summed E-state index contributed by atoms with van der Waals surface area (Å²) in [5.41, 5.74) is 1.62. The highest BCUT2D eigenvalue weighted by Crippen LogP contribution is 2.43. The van der Waals surface area contributed by atoms with Crippen LogP contribution in [0.15, 0.2) is 70.9 Å². The smallest absolute Gasteiger partial charge is 0.300 e. The van der Waals surface area contributed by atoms with Crippen LogP contribution >= 0.6 is 11.6 Å². The van der Waals surface area contributed by atoms with Crippen molar-refractivity contribution in [3.8, 4) is 5.75 Å². The molecule has 31 heavy (non-hydrogen) atoms. The van der Waals surface area contributed by atoms with E-state index in [1.807, 2.05) is 26.0 Å². The standard InChI is InChI=1S/C24H20ClNO5/c1-3-30-16-10-11-18(25)17(13-16)22(27)20-21(19-5-4-12-31-19)26(24(29)23(20)28)15-8-6-14(2)7-9-15/h4-13,21,27H,3H2,1-2H3/b22-20-. The van der Waals surface area contributed by atoms with E-state index >= 15 is 0 Å². The fraction of sp³-hybridized carbons (Fsp3) is 0.167. The van der Waals surface area contributed by atoms with Gasteiger partial charge in [0.25, 0.3) is 11.7 Å². The number of nitrogens with zero attached hydrogens (tertiary/aromatic N) is 1. The second-order valence-electron chi connectivity index (χ2n) is 7.09. The molecule has 7 heteroatoms. The lowest BCUT2D eigenvalue weighted by atomic mass is 9.99. The molecule has 1 atom stereocenters. The number of Topliss-reactive ketones (excluding diaryl/α,β-unsaturated/α-hetero) is 1. The quantitative estimate of drug-likeness (QED) is 0.334. The number of ketones is 1. The number of furan rings is 1. The SMILES string of the molecule is CCOc1ccc(Cl)c(/C(O)=C2/C(=O)C(=O)N(c3ccc(C)cc3)C2c2ccco2)c1. The highest BCUT2D eigenvalue weighted by atomic mass is 35.5. The number of amides is 1. The number of aliphatic hydroxyl groups is 1. The largest absolute Gasteiger partial charge is 0.507 e. The summed E-state index contributed by atoms with van der Waals surface area (Å²) >= 11 is 6.31. The van der Waals surface area contributed by atoms with Crippen LogP contribution in [0, 0.1) is 6.92 Å². The maximum Gasteiger partial charge on any atom is 0.300 e. The third-order valence-corrected chi connectivity index (χ3v) is 5.40. The lowest BCUT2D eigenvalue weighted by molar-refractivity contribution is -0.132. The van der Waals surface area contributed by atoms with Crippen molar-refractivity contribution in [3.63, 3.8) is 0 Å². The number of hydrogen-bond donors (Lipinski definition) is 1. The topological polar surface area (TPSA) is 80.0 Å². The van der Waals surface area contributed by atoms with Crippen LogP contribution in [0.1, 0.15) is 29.9 Å². The zero-order valence-electron chi connectivity index (χ0n) is 17.0. The van der Waals surface area contributed by atoms with E-state index in [1.165, 1.54) is 11.2 Å². The summed E-state index contributed by atoms with van der Waals surface area (Å²) in [5.74, 6) is -1.14. The van der Waals surface area contributed by atoms with E-state index in [2.05, 4.69) is 0 Å². The summed E-state index contributed by atoms with van der Waals surface area (Å²) in [7, 11) is 0. The van der Waals surface area contributed by atoms with E-state index in [4.69, 9.17) is 20.8 Å². The molecule has 2 heterocycles. The van der Waals surface area contributed by atoms with E-state index in [0.717, 1.165) is 5.56 Å². The molecule has 0 bridgehead atoms. The van der Waals surface area contributed by atoms with Crippen molar-refractivity contribution < 1.29 is 23.8 Å². The van der Waals surface area contributed by atoms with Crippen LogP contribution in [-0.2, 0) is 9.59 Å². The molecule has 1 saturated heterocycles. The number of ether oxygens (including phenoxy) is 1. The minimum atomic E-state index is -0.940.